The second-order valence-electron chi connectivity index (χ2n) is 5.09. The van der Waals surface area contributed by atoms with Crippen molar-refractivity contribution in [2.24, 2.45) is 0 Å². The second-order valence-corrected chi connectivity index (χ2v) is 8.82. The Labute approximate surface area is 155 Å². The first-order valence-corrected chi connectivity index (χ1v) is 10.1. The number of nitrogens with one attached hydrogen (secondary N) is 1. The van der Waals surface area contributed by atoms with Gasteiger partial charge in [-0.1, -0.05) is 34.8 Å². The van der Waals surface area contributed by atoms with Crippen LogP contribution in [0.25, 0.3) is 0 Å². The van der Waals surface area contributed by atoms with Gasteiger partial charge < -0.3 is 4.90 Å². The zero-order chi connectivity index (χ0) is 17.2. The Morgan fingerprint density at radius 1 is 1.22 bits per heavy atom. The molecule has 23 heavy (non-hydrogen) atoms. The van der Waals surface area contributed by atoms with Crippen LogP contribution in [-0.4, -0.2) is 34.0 Å². The summed E-state index contributed by atoms with van der Waals surface area (Å²) >= 11 is 19.4. The minimum atomic E-state index is -3.85. The lowest BCUT2D eigenvalue weighted by atomic mass is 10.1. The van der Waals surface area contributed by atoms with E-state index in [1.807, 2.05) is 35.8 Å². The van der Waals surface area contributed by atoms with Crippen LogP contribution in [-0.2, 0) is 10.0 Å². The van der Waals surface area contributed by atoms with Crippen molar-refractivity contribution < 1.29 is 8.42 Å². The number of benzene rings is 1. The third kappa shape index (κ3) is 4.60. The van der Waals surface area contributed by atoms with E-state index >= 15 is 0 Å². The number of hydrogen-bond acceptors (Lipinski definition) is 4. The zero-order valence-corrected chi connectivity index (χ0v) is 16.3. The fourth-order valence-electron chi connectivity index (χ4n) is 2.11. The Kier molecular flexibility index (Phi) is 6.35. The molecule has 0 aliphatic rings. The molecule has 0 aliphatic carbocycles. The summed E-state index contributed by atoms with van der Waals surface area (Å²) in [6.45, 7) is 0.196. The standard InChI is InChI=1S/C14H15Cl3N2O2S2/c1-19(2)13(9-3-4-22-8-9)7-18-23(20,21)14-11(16)5-10(15)6-12(14)17/h3-6,8,13,18H,7H2,1-2H3. The summed E-state index contributed by atoms with van der Waals surface area (Å²) < 4.78 is 27.7. The minimum Gasteiger partial charge on any atom is -0.301 e. The average Bonchev–Trinajstić information content (AvgIpc) is 2.90. The number of thiophene rings is 1. The number of sulfonamides is 1. The van der Waals surface area contributed by atoms with Gasteiger partial charge in [0.1, 0.15) is 4.90 Å². The van der Waals surface area contributed by atoms with Crippen LogP contribution >= 0.6 is 46.1 Å². The molecule has 0 spiro atoms. The maximum atomic E-state index is 12.5. The van der Waals surface area contributed by atoms with Crippen molar-refractivity contribution in [1.29, 1.82) is 0 Å². The Balaban J connectivity index is 2.25. The predicted molar refractivity (Wildman–Crippen MR) is 97.4 cm³/mol. The monoisotopic (exact) mass is 412 g/mol. The topological polar surface area (TPSA) is 49.4 Å². The molecule has 2 aromatic rings. The van der Waals surface area contributed by atoms with E-state index in [1.165, 1.54) is 12.1 Å². The molecule has 9 heteroatoms. The highest BCUT2D eigenvalue weighted by molar-refractivity contribution is 7.89. The van der Waals surface area contributed by atoms with Crippen LogP contribution in [0.5, 0.6) is 0 Å². The van der Waals surface area contributed by atoms with Gasteiger partial charge in [0.15, 0.2) is 0 Å². The number of hydrogen-bond donors (Lipinski definition) is 1. The largest absolute Gasteiger partial charge is 0.301 e. The zero-order valence-electron chi connectivity index (χ0n) is 12.4. The lowest BCUT2D eigenvalue weighted by molar-refractivity contribution is 0.300. The highest BCUT2D eigenvalue weighted by Crippen LogP contribution is 2.32. The molecule has 1 heterocycles. The summed E-state index contributed by atoms with van der Waals surface area (Å²) in [6.07, 6.45) is 0. The van der Waals surface area contributed by atoms with E-state index in [1.54, 1.807) is 11.3 Å². The third-order valence-electron chi connectivity index (χ3n) is 3.25. The summed E-state index contributed by atoms with van der Waals surface area (Å²) in [5, 5.41) is 4.20. The van der Waals surface area contributed by atoms with E-state index < -0.39 is 10.0 Å². The minimum absolute atomic E-state index is 0.00747. The normalized spacial score (nSPS) is 13.5. The molecule has 126 valence electrons. The van der Waals surface area contributed by atoms with Crippen molar-refractivity contribution in [3.8, 4) is 0 Å². The number of likely N-dealkylation sites (N-methyl/N-ethyl adjacent to an activating group) is 1. The molecule has 0 fully saturated rings. The number of halogens is 3. The SMILES string of the molecule is CN(C)C(CNS(=O)(=O)c1c(Cl)cc(Cl)cc1Cl)c1ccsc1. The van der Waals surface area contributed by atoms with Gasteiger partial charge in [0.25, 0.3) is 0 Å². The molecule has 1 aromatic heterocycles. The average molecular weight is 414 g/mol. The summed E-state index contributed by atoms with van der Waals surface area (Å²) in [5.74, 6) is 0. The quantitative estimate of drug-likeness (QED) is 0.768. The molecule has 1 aromatic carbocycles. The molecule has 1 atom stereocenters. The van der Waals surface area contributed by atoms with Crippen molar-refractivity contribution in [2.75, 3.05) is 20.6 Å². The van der Waals surface area contributed by atoms with Crippen LogP contribution in [0.4, 0.5) is 0 Å². The molecule has 1 N–H and O–H groups in total. The van der Waals surface area contributed by atoms with Crippen molar-refractivity contribution >= 4 is 56.2 Å². The summed E-state index contributed by atoms with van der Waals surface area (Å²) in [5.41, 5.74) is 1.04. The molecular formula is C14H15Cl3N2O2S2. The van der Waals surface area contributed by atoms with Gasteiger partial charge in [-0.2, -0.15) is 11.3 Å². The number of rotatable bonds is 6. The van der Waals surface area contributed by atoms with Crippen LogP contribution in [0.3, 0.4) is 0 Å². The Morgan fingerprint density at radius 2 is 1.83 bits per heavy atom. The summed E-state index contributed by atoms with van der Waals surface area (Å²) in [7, 11) is -0.0783. The fraction of sp³-hybridized carbons (Fsp3) is 0.286. The van der Waals surface area contributed by atoms with Crippen molar-refractivity contribution in [3.05, 3.63) is 49.6 Å². The Hall–Kier alpha value is -0.340. The highest BCUT2D eigenvalue weighted by Gasteiger charge is 2.24. The van der Waals surface area contributed by atoms with E-state index in [4.69, 9.17) is 34.8 Å². The first kappa shape index (κ1) is 19.0. The first-order chi connectivity index (χ1) is 10.7. The van der Waals surface area contributed by atoms with Crippen molar-refractivity contribution in [1.82, 2.24) is 9.62 Å². The Bertz CT molecular complexity index is 754. The molecule has 4 nitrogen and oxygen atoms in total. The summed E-state index contributed by atoms with van der Waals surface area (Å²) in [4.78, 5) is 1.78. The van der Waals surface area contributed by atoms with E-state index in [0.29, 0.717) is 0 Å². The fourth-order valence-corrected chi connectivity index (χ4v) is 5.40. The molecule has 0 saturated heterocycles. The predicted octanol–water partition coefficient (Wildman–Crippen LogP) is 4.29. The first-order valence-electron chi connectivity index (χ1n) is 6.55. The van der Waals surface area contributed by atoms with Gasteiger partial charge in [-0.3, -0.25) is 0 Å². The van der Waals surface area contributed by atoms with Gasteiger partial charge in [-0.25, -0.2) is 13.1 Å². The maximum Gasteiger partial charge on any atom is 0.243 e. The van der Waals surface area contributed by atoms with Crippen molar-refractivity contribution in [3.63, 3.8) is 0 Å². The van der Waals surface area contributed by atoms with Gasteiger partial charge in [0, 0.05) is 17.6 Å². The van der Waals surface area contributed by atoms with E-state index in [9.17, 15) is 8.42 Å². The van der Waals surface area contributed by atoms with Crippen LogP contribution in [0.1, 0.15) is 11.6 Å². The van der Waals surface area contributed by atoms with E-state index in [2.05, 4.69) is 4.72 Å². The van der Waals surface area contributed by atoms with Gasteiger partial charge >= 0.3 is 0 Å². The molecule has 0 radical (unpaired) electrons. The van der Waals surface area contributed by atoms with Gasteiger partial charge in [0.05, 0.1) is 10.0 Å². The van der Waals surface area contributed by atoms with Crippen molar-refractivity contribution in [2.45, 2.75) is 10.9 Å². The molecule has 0 saturated carbocycles. The Morgan fingerprint density at radius 3 is 2.30 bits per heavy atom. The van der Waals surface area contributed by atoms with Gasteiger partial charge in [-0.15, -0.1) is 0 Å². The lowest BCUT2D eigenvalue weighted by Gasteiger charge is -2.24. The second kappa shape index (κ2) is 7.70. The molecule has 0 amide bonds. The third-order valence-corrected chi connectivity index (χ3v) is 6.51. The molecular weight excluding hydrogens is 399 g/mol. The smallest absolute Gasteiger partial charge is 0.243 e. The molecule has 0 bridgehead atoms. The van der Waals surface area contributed by atoms with Crippen LogP contribution in [0, 0.1) is 0 Å². The molecule has 1 unspecified atom stereocenters. The van der Waals surface area contributed by atoms with E-state index in [-0.39, 0.29) is 32.5 Å². The van der Waals surface area contributed by atoms with Gasteiger partial charge in [0.2, 0.25) is 10.0 Å². The van der Waals surface area contributed by atoms with E-state index in [0.717, 1.165) is 5.56 Å². The van der Waals surface area contributed by atoms with Crippen LogP contribution < -0.4 is 4.72 Å². The summed E-state index contributed by atoms with van der Waals surface area (Å²) in [6, 6.07) is 4.57. The maximum absolute atomic E-state index is 12.5. The lowest BCUT2D eigenvalue weighted by Crippen LogP contribution is -2.34. The van der Waals surface area contributed by atoms with Gasteiger partial charge in [-0.05, 0) is 48.6 Å². The van der Waals surface area contributed by atoms with Crippen LogP contribution in [0.15, 0.2) is 33.9 Å². The van der Waals surface area contributed by atoms with Crippen LogP contribution in [0.2, 0.25) is 15.1 Å². The molecule has 2 rings (SSSR count). The number of nitrogens with zero attached hydrogens (tertiary/aromatic N) is 1. The molecule has 0 aliphatic heterocycles. The highest BCUT2D eigenvalue weighted by atomic mass is 35.5.